The maximum atomic E-state index is 11.7. The zero-order valence-electron chi connectivity index (χ0n) is 9.36. The van der Waals surface area contributed by atoms with Crippen LogP contribution in [0.25, 0.3) is 0 Å². The third kappa shape index (κ3) is 4.92. The van der Waals surface area contributed by atoms with Crippen LogP contribution in [0, 0.1) is 11.8 Å². The molecule has 0 rings (SSSR count). The second-order valence-corrected chi connectivity index (χ2v) is 4.52. The molecule has 88 valence electrons. The van der Waals surface area contributed by atoms with Gasteiger partial charge in [-0.25, -0.2) is 0 Å². The van der Waals surface area contributed by atoms with Crippen LogP contribution >= 0.6 is 11.8 Å². The molecule has 0 aromatic heterocycles. The summed E-state index contributed by atoms with van der Waals surface area (Å²) in [6, 6.07) is 0. The molecule has 0 aliphatic heterocycles. The van der Waals surface area contributed by atoms with E-state index in [1.165, 1.54) is 0 Å². The molecule has 0 aromatic carbocycles. The fourth-order valence-electron chi connectivity index (χ4n) is 1.23. The molecular formula is C9H19N3O2S. The van der Waals surface area contributed by atoms with Crippen molar-refractivity contribution in [2.45, 2.75) is 13.8 Å². The van der Waals surface area contributed by atoms with Crippen LogP contribution in [0.3, 0.4) is 0 Å². The Morgan fingerprint density at radius 1 is 1.60 bits per heavy atom. The van der Waals surface area contributed by atoms with Crippen molar-refractivity contribution in [1.82, 2.24) is 5.32 Å². The van der Waals surface area contributed by atoms with Crippen molar-refractivity contribution in [3.63, 3.8) is 0 Å². The van der Waals surface area contributed by atoms with Crippen LogP contribution < -0.4 is 11.1 Å². The van der Waals surface area contributed by atoms with Gasteiger partial charge in [0.2, 0.25) is 5.91 Å². The van der Waals surface area contributed by atoms with Gasteiger partial charge < -0.3 is 16.3 Å². The number of oxime groups is 1. The topological polar surface area (TPSA) is 87.7 Å². The molecule has 0 fully saturated rings. The smallest absolute Gasteiger partial charge is 0.231 e. The Labute approximate surface area is 94.5 Å². The van der Waals surface area contributed by atoms with Gasteiger partial charge in [-0.15, -0.1) is 0 Å². The normalized spacial score (nSPS) is 14.0. The first-order valence-electron chi connectivity index (χ1n) is 4.78. The van der Waals surface area contributed by atoms with Crippen LogP contribution in [-0.4, -0.2) is 35.5 Å². The Balaban J connectivity index is 4.31. The molecule has 0 radical (unpaired) electrons. The van der Waals surface area contributed by atoms with Crippen LogP contribution in [0.15, 0.2) is 5.16 Å². The molecule has 1 amide bonds. The average molecular weight is 233 g/mol. The van der Waals surface area contributed by atoms with E-state index >= 15 is 0 Å². The van der Waals surface area contributed by atoms with Gasteiger partial charge in [0, 0.05) is 12.3 Å². The van der Waals surface area contributed by atoms with Gasteiger partial charge in [0.15, 0.2) is 5.84 Å². The summed E-state index contributed by atoms with van der Waals surface area (Å²) in [7, 11) is 0. The molecule has 0 saturated carbocycles. The molecule has 1 atom stereocenters. The second-order valence-electron chi connectivity index (χ2n) is 3.53. The molecule has 5 nitrogen and oxygen atoms in total. The van der Waals surface area contributed by atoms with E-state index in [1.807, 2.05) is 20.1 Å². The van der Waals surface area contributed by atoms with Crippen molar-refractivity contribution < 1.29 is 10.0 Å². The van der Waals surface area contributed by atoms with E-state index in [0.29, 0.717) is 6.54 Å². The first-order chi connectivity index (χ1) is 7.04. The fraction of sp³-hybridized carbons (Fsp3) is 0.778. The van der Waals surface area contributed by atoms with E-state index in [9.17, 15) is 4.79 Å². The highest BCUT2D eigenvalue weighted by Crippen LogP contribution is 2.11. The van der Waals surface area contributed by atoms with Crippen molar-refractivity contribution in [2.24, 2.45) is 22.7 Å². The molecule has 0 saturated heterocycles. The SMILES string of the molecule is CSCCNC(=O)C(C(N)=NO)C(C)C. The standard InChI is InChI=1S/C9H19N3O2S/c1-6(2)7(8(10)12-14)9(13)11-4-5-15-3/h6-7,14H,4-5H2,1-3H3,(H2,10,12)(H,11,13). The van der Waals surface area contributed by atoms with Gasteiger partial charge in [-0.3, -0.25) is 4.79 Å². The largest absolute Gasteiger partial charge is 0.409 e. The zero-order chi connectivity index (χ0) is 11.8. The number of hydrogen-bond acceptors (Lipinski definition) is 4. The van der Waals surface area contributed by atoms with E-state index < -0.39 is 5.92 Å². The highest BCUT2D eigenvalue weighted by molar-refractivity contribution is 7.98. The number of nitrogens with one attached hydrogen (secondary N) is 1. The summed E-state index contributed by atoms with van der Waals surface area (Å²) in [4.78, 5) is 11.7. The molecule has 0 aliphatic carbocycles. The van der Waals surface area contributed by atoms with Gasteiger partial charge in [0.05, 0.1) is 0 Å². The van der Waals surface area contributed by atoms with Crippen LogP contribution in [0.1, 0.15) is 13.8 Å². The van der Waals surface area contributed by atoms with Crippen molar-refractivity contribution >= 4 is 23.5 Å². The van der Waals surface area contributed by atoms with Crippen molar-refractivity contribution in [3.8, 4) is 0 Å². The third-order valence-corrected chi connectivity index (χ3v) is 2.60. The summed E-state index contributed by atoms with van der Waals surface area (Å²) in [5, 5.41) is 14.2. The number of rotatable bonds is 6. The molecule has 0 aromatic rings. The second kappa shape index (κ2) is 7.39. The molecular weight excluding hydrogens is 214 g/mol. The Morgan fingerprint density at radius 2 is 2.20 bits per heavy atom. The van der Waals surface area contributed by atoms with E-state index in [-0.39, 0.29) is 17.7 Å². The monoisotopic (exact) mass is 233 g/mol. The van der Waals surface area contributed by atoms with Gasteiger partial charge in [-0.2, -0.15) is 11.8 Å². The third-order valence-electron chi connectivity index (χ3n) is 1.99. The van der Waals surface area contributed by atoms with Crippen molar-refractivity contribution in [2.75, 3.05) is 18.6 Å². The van der Waals surface area contributed by atoms with Crippen LogP contribution in [0.2, 0.25) is 0 Å². The minimum atomic E-state index is -0.558. The van der Waals surface area contributed by atoms with Crippen molar-refractivity contribution in [3.05, 3.63) is 0 Å². The first-order valence-corrected chi connectivity index (χ1v) is 6.18. The fourth-order valence-corrected chi connectivity index (χ4v) is 1.53. The maximum Gasteiger partial charge on any atom is 0.231 e. The van der Waals surface area contributed by atoms with Crippen LogP contribution in [-0.2, 0) is 4.79 Å². The molecule has 0 spiro atoms. The number of thioether (sulfide) groups is 1. The molecule has 1 unspecified atom stereocenters. The van der Waals surface area contributed by atoms with Gasteiger partial charge in [-0.05, 0) is 12.2 Å². The predicted octanol–water partition coefficient (Wildman–Crippen LogP) is 0.484. The summed E-state index contributed by atoms with van der Waals surface area (Å²) < 4.78 is 0. The lowest BCUT2D eigenvalue weighted by Gasteiger charge is -2.18. The Bertz CT molecular complexity index is 231. The zero-order valence-corrected chi connectivity index (χ0v) is 10.2. The highest BCUT2D eigenvalue weighted by Gasteiger charge is 2.26. The number of amidine groups is 1. The molecule has 4 N–H and O–H groups in total. The number of amides is 1. The van der Waals surface area contributed by atoms with Gasteiger partial charge in [0.25, 0.3) is 0 Å². The van der Waals surface area contributed by atoms with Crippen LogP contribution in [0.5, 0.6) is 0 Å². The summed E-state index contributed by atoms with van der Waals surface area (Å²) >= 11 is 1.65. The minimum Gasteiger partial charge on any atom is -0.409 e. The predicted molar refractivity (Wildman–Crippen MR) is 63.1 cm³/mol. The van der Waals surface area contributed by atoms with Gasteiger partial charge >= 0.3 is 0 Å². The van der Waals surface area contributed by atoms with E-state index in [1.54, 1.807) is 11.8 Å². The summed E-state index contributed by atoms with van der Waals surface area (Å²) in [6.07, 6.45) is 1.97. The average Bonchev–Trinajstić information content (AvgIpc) is 2.17. The number of nitrogens with zero attached hydrogens (tertiary/aromatic N) is 1. The van der Waals surface area contributed by atoms with Crippen LogP contribution in [0.4, 0.5) is 0 Å². The van der Waals surface area contributed by atoms with Gasteiger partial charge in [0.1, 0.15) is 5.92 Å². The molecule has 15 heavy (non-hydrogen) atoms. The van der Waals surface area contributed by atoms with E-state index in [4.69, 9.17) is 10.9 Å². The molecule has 0 aliphatic rings. The Hall–Kier alpha value is -0.910. The number of carbonyl (C=O) groups is 1. The maximum absolute atomic E-state index is 11.7. The molecule has 0 bridgehead atoms. The number of nitrogens with two attached hydrogens (primary N) is 1. The number of hydrogen-bond donors (Lipinski definition) is 3. The van der Waals surface area contributed by atoms with E-state index in [2.05, 4.69) is 10.5 Å². The summed E-state index contributed by atoms with van der Waals surface area (Å²) in [5.74, 6) is 0.0836. The minimum absolute atomic E-state index is 0.00943. The molecule has 0 heterocycles. The summed E-state index contributed by atoms with van der Waals surface area (Å²) in [6.45, 7) is 4.32. The Kier molecular flexibility index (Phi) is 6.94. The lowest BCUT2D eigenvalue weighted by atomic mass is 9.94. The quantitative estimate of drug-likeness (QED) is 0.205. The van der Waals surface area contributed by atoms with Gasteiger partial charge in [-0.1, -0.05) is 19.0 Å². The lowest BCUT2D eigenvalue weighted by molar-refractivity contribution is -0.123. The Morgan fingerprint density at radius 3 is 2.60 bits per heavy atom. The molecule has 6 heteroatoms. The van der Waals surface area contributed by atoms with Crippen molar-refractivity contribution in [1.29, 1.82) is 0 Å². The number of carbonyl (C=O) groups excluding carboxylic acids is 1. The lowest BCUT2D eigenvalue weighted by Crippen LogP contribution is -2.42. The summed E-state index contributed by atoms with van der Waals surface area (Å²) in [5.41, 5.74) is 5.46. The first kappa shape index (κ1) is 14.1. The highest BCUT2D eigenvalue weighted by atomic mass is 32.2. The van der Waals surface area contributed by atoms with E-state index in [0.717, 1.165) is 5.75 Å².